The van der Waals surface area contributed by atoms with Gasteiger partial charge in [-0.25, -0.2) is 14.2 Å². The number of hydrogen-bond donors (Lipinski definition) is 2. The zero-order valence-electron chi connectivity index (χ0n) is 9.32. The molecule has 1 aromatic carbocycles. The molecule has 19 heavy (non-hydrogen) atoms. The van der Waals surface area contributed by atoms with Gasteiger partial charge >= 0.3 is 5.97 Å². The van der Waals surface area contributed by atoms with E-state index in [2.05, 4.69) is 26.2 Å². The number of nitrogens with one attached hydrogen (secondary N) is 1. The van der Waals surface area contributed by atoms with E-state index >= 15 is 0 Å². The molecule has 98 valence electrons. The molecule has 0 atom stereocenters. The van der Waals surface area contributed by atoms with Crippen LogP contribution in [-0.2, 0) is 0 Å². The molecule has 2 aromatic rings. The molecule has 0 saturated carbocycles. The lowest BCUT2D eigenvalue weighted by molar-refractivity contribution is 0.0697. The van der Waals surface area contributed by atoms with Gasteiger partial charge in [-0.05, 0) is 40.2 Å². The summed E-state index contributed by atoms with van der Waals surface area (Å²) >= 11 is 8.89. The molecule has 4 nitrogen and oxygen atoms in total. The zero-order chi connectivity index (χ0) is 14.0. The Bertz CT molecular complexity index is 652. The summed E-state index contributed by atoms with van der Waals surface area (Å²) in [4.78, 5) is 15.0. The number of aromatic carboxylic acids is 1. The van der Waals surface area contributed by atoms with Crippen molar-refractivity contribution in [3.8, 4) is 0 Å². The molecule has 0 aliphatic heterocycles. The molecule has 2 N–H and O–H groups in total. The van der Waals surface area contributed by atoms with Crippen LogP contribution in [0.5, 0.6) is 0 Å². The molecular formula is C12H7BrClFN2O2. The average Bonchev–Trinajstić information content (AvgIpc) is 2.35. The first-order valence-electron chi connectivity index (χ1n) is 5.08. The first kappa shape index (κ1) is 13.8. The second-order valence-electron chi connectivity index (χ2n) is 3.60. The molecular weight excluding hydrogens is 338 g/mol. The summed E-state index contributed by atoms with van der Waals surface area (Å²) in [6, 6.07) is 5.31. The van der Waals surface area contributed by atoms with Crippen molar-refractivity contribution in [1.29, 1.82) is 0 Å². The highest BCUT2D eigenvalue weighted by Crippen LogP contribution is 2.25. The van der Waals surface area contributed by atoms with E-state index in [1.807, 2.05) is 0 Å². The smallest absolute Gasteiger partial charge is 0.339 e. The van der Waals surface area contributed by atoms with Crippen molar-refractivity contribution < 1.29 is 14.3 Å². The number of rotatable bonds is 3. The van der Waals surface area contributed by atoms with Gasteiger partial charge in [0.25, 0.3) is 0 Å². The molecule has 0 radical (unpaired) electrons. The summed E-state index contributed by atoms with van der Waals surface area (Å²) in [7, 11) is 0. The number of pyridine rings is 1. The second kappa shape index (κ2) is 5.54. The van der Waals surface area contributed by atoms with Gasteiger partial charge in [-0.3, -0.25) is 0 Å². The van der Waals surface area contributed by atoms with Gasteiger partial charge in [-0.2, -0.15) is 0 Å². The zero-order valence-corrected chi connectivity index (χ0v) is 11.7. The Morgan fingerprint density at radius 3 is 2.84 bits per heavy atom. The lowest BCUT2D eigenvalue weighted by Gasteiger charge is -2.10. The molecule has 0 fully saturated rings. The third-order valence-electron chi connectivity index (χ3n) is 2.27. The number of carboxylic acids is 1. The molecule has 1 heterocycles. The highest BCUT2D eigenvalue weighted by molar-refractivity contribution is 9.10. The first-order valence-corrected chi connectivity index (χ1v) is 6.25. The Hall–Kier alpha value is -1.66. The number of carbonyl (C=O) groups is 1. The van der Waals surface area contributed by atoms with E-state index in [0.29, 0.717) is 9.50 Å². The van der Waals surface area contributed by atoms with Gasteiger partial charge in [0.15, 0.2) is 0 Å². The SMILES string of the molecule is O=C(O)c1cc(Br)cnc1Nc1cc(Cl)ccc1F. The minimum absolute atomic E-state index is 0.0388. The fraction of sp³-hybridized carbons (Fsp3) is 0. The van der Waals surface area contributed by atoms with Crippen molar-refractivity contribution >= 4 is 45.0 Å². The first-order chi connectivity index (χ1) is 8.97. The average molecular weight is 346 g/mol. The summed E-state index contributed by atoms with van der Waals surface area (Å²) in [5.41, 5.74) is -0.0152. The topological polar surface area (TPSA) is 62.2 Å². The number of carboxylic acid groups (broad SMARTS) is 1. The maximum absolute atomic E-state index is 13.6. The summed E-state index contributed by atoms with van der Waals surface area (Å²) in [5, 5.41) is 12.0. The second-order valence-corrected chi connectivity index (χ2v) is 4.96. The van der Waals surface area contributed by atoms with Crippen LogP contribution in [0.4, 0.5) is 15.9 Å². The van der Waals surface area contributed by atoms with E-state index in [1.54, 1.807) is 0 Å². The largest absolute Gasteiger partial charge is 0.478 e. The number of aromatic nitrogens is 1. The standard InChI is InChI=1S/C12H7BrClFN2O2/c13-6-3-8(12(18)19)11(16-5-6)17-10-4-7(14)1-2-9(10)15/h1-5H,(H,16,17)(H,18,19). The summed E-state index contributed by atoms with van der Waals surface area (Å²) in [6.45, 7) is 0. The van der Waals surface area contributed by atoms with Crippen LogP contribution >= 0.6 is 27.5 Å². The molecule has 0 amide bonds. The van der Waals surface area contributed by atoms with Gasteiger partial charge in [-0.1, -0.05) is 11.6 Å². The van der Waals surface area contributed by atoms with Crippen LogP contribution in [0.2, 0.25) is 5.02 Å². The number of hydrogen-bond acceptors (Lipinski definition) is 3. The van der Waals surface area contributed by atoms with Crippen LogP contribution in [0.15, 0.2) is 34.9 Å². The highest BCUT2D eigenvalue weighted by Gasteiger charge is 2.14. The molecule has 0 bridgehead atoms. The predicted molar refractivity (Wildman–Crippen MR) is 73.6 cm³/mol. The minimum Gasteiger partial charge on any atom is -0.478 e. The number of benzene rings is 1. The van der Waals surface area contributed by atoms with Crippen molar-refractivity contribution in [2.45, 2.75) is 0 Å². The molecule has 0 aliphatic carbocycles. The highest BCUT2D eigenvalue weighted by atomic mass is 79.9. The van der Waals surface area contributed by atoms with E-state index < -0.39 is 11.8 Å². The summed E-state index contributed by atoms with van der Waals surface area (Å²) in [5.74, 6) is -1.68. The van der Waals surface area contributed by atoms with Crippen LogP contribution in [-0.4, -0.2) is 16.1 Å². The van der Waals surface area contributed by atoms with Crippen LogP contribution in [0.3, 0.4) is 0 Å². The Morgan fingerprint density at radius 1 is 1.42 bits per heavy atom. The van der Waals surface area contributed by atoms with E-state index in [0.717, 1.165) is 0 Å². The third kappa shape index (κ3) is 3.21. The molecule has 1 aromatic heterocycles. The van der Waals surface area contributed by atoms with E-state index in [-0.39, 0.29) is 17.1 Å². The lowest BCUT2D eigenvalue weighted by Crippen LogP contribution is -2.05. The number of anilines is 2. The van der Waals surface area contributed by atoms with Gasteiger partial charge in [0.1, 0.15) is 17.2 Å². The van der Waals surface area contributed by atoms with Crippen LogP contribution in [0, 0.1) is 5.82 Å². The van der Waals surface area contributed by atoms with Gasteiger partial charge in [0.05, 0.1) is 5.69 Å². The molecule has 0 saturated heterocycles. The monoisotopic (exact) mass is 344 g/mol. The molecule has 0 spiro atoms. The van der Waals surface area contributed by atoms with Gasteiger partial charge < -0.3 is 10.4 Å². The van der Waals surface area contributed by atoms with Gasteiger partial charge in [-0.15, -0.1) is 0 Å². The third-order valence-corrected chi connectivity index (χ3v) is 2.93. The minimum atomic E-state index is -1.17. The van der Waals surface area contributed by atoms with Gasteiger partial charge in [0.2, 0.25) is 0 Å². The predicted octanol–water partition coefficient (Wildman–Crippen LogP) is 4.08. The van der Waals surface area contributed by atoms with E-state index in [1.165, 1.54) is 30.5 Å². The molecule has 2 rings (SSSR count). The number of nitrogens with zero attached hydrogens (tertiary/aromatic N) is 1. The molecule has 0 aliphatic rings. The maximum atomic E-state index is 13.6. The Labute approximate surface area is 121 Å². The van der Waals surface area contributed by atoms with Crippen LogP contribution in [0.25, 0.3) is 0 Å². The van der Waals surface area contributed by atoms with E-state index in [4.69, 9.17) is 16.7 Å². The fourth-order valence-electron chi connectivity index (χ4n) is 1.42. The fourth-order valence-corrected chi connectivity index (χ4v) is 1.93. The molecule has 0 unspecified atom stereocenters. The summed E-state index contributed by atoms with van der Waals surface area (Å²) in [6.07, 6.45) is 1.41. The lowest BCUT2D eigenvalue weighted by atomic mass is 10.2. The van der Waals surface area contributed by atoms with Crippen LogP contribution < -0.4 is 5.32 Å². The normalized spacial score (nSPS) is 10.3. The van der Waals surface area contributed by atoms with Crippen molar-refractivity contribution in [2.75, 3.05) is 5.32 Å². The van der Waals surface area contributed by atoms with Gasteiger partial charge in [0, 0.05) is 15.7 Å². The van der Waals surface area contributed by atoms with Crippen LogP contribution in [0.1, 0.15) is 10.4 Å². The Balaban J connectivity index is 2.43. The van der Waals surface area contributed by atoms with Crippen molar-refractivity contribution in [3.05, 3.63) is 51.3 Å². The Kier molecular flexibility index (Phi) is 4.01. The van der Waals surface area contributed by atoms with Crippen molar-refractivity contribution in [1.82, 2.24) is 4.98 Å². The summed E-state index contributed by atoms with van der Waals surface area (Å²) < 4.78 is 14.1. The number of halogens is 3. The Morgan fingerprint density at radius 2 is 2.16 bits per heavy atom. The van der Waals surface area contributed by atoms with E-state index in [9.17, 15) is 9.18 Å². The molecule has 7 heteroatoms. The quantitative estimate of drug-likeness (QED) is 0.880. The maximum Gasteiger partial charge on any atom is 0.339 e. The van der Waals surface area contributed by atoms with Crippen molar-refractivity contribution in [2.24, 2.45) is 0 Å². The van der Waals surface area contributed by atoms with Crippen molar-refractivity contribution in [3.63, 3.8) is 0 Å².